The third-order valence-corrected chi connectivity index (χ3v) is 3.55. The Bertz CT molecular complexity index is 558. The van der Waals surface area contributed by atoms with E-state index in [9.17, 15) is 9.59 Å². The molecule has 6 nitrogen and oxygen atoms in total. The van der Waals surface area contributed by atoms with Crippen molar-refractivity contribution in [2.75, 3.05) is 13.3 Å². The molecule has 1 aromatic carbocycles. The van der Waals surface area contributed by atoms with Gasteiger partial charge in [-0.2, -0.15) is 0 Å². The molecular weight excluding hydrogens is 260 g/mol. The lowest BCUT2D eigenvalue weighted by molar-refractivity contribution is -0.138. The van der Waals surface area contributed by atoms with Crippen molar-refractivity contribution < 1.29 is 19.1 Å². The fraction of sp³-hybridized carbons (Fsp3) is 0.429. The third kappa shape index (κ3) is 2.22. The van der Waals surface area contributed by atoms with Crippen LogP contribution in [0.5, 0.6) is 11.5 Å². The van der Waals surface area contributed by atoms with E-state index in [1.165, 1.54) is 4.90 Å². The first-order chi connectivity index (χ1) is 9.69. The van der Waals surface area contributed by atoms with Gasteiger partial charge in [-0.1, -0.05) is 6.07 Å². The van der Waals surface area contributed by atoms with E-state index in [4.69, 9.17) is 9.47 Å². The van der Waals surface area contributed by atoms with Crippen molar-refractivity contribution in [3.63, 3.8) is 0 Å². The van der Waals surface area contributed by atoms with E-state index in [-0.39, 0.29) is 25.0 Å². The highest BCUT2D eigenvalue weighted by molar-refractivity contribution is 6.05. The van der Waals surface area contributed by atoms with E-state index in [1.807, 2.05) is 18.2 Å². The number of fused-ring (bicyclic) bond motifs is 1. The molecule has 1 atom stereocenters. The largest absolute Gasteiger partial charge is 0.454 e. The molecule has 2 aliphatic heterocycles. The summed E-state index contributed by atoms with van der Waals surface area (Å²) in [5.41, 5.74) is 0.990. The molecule has 1 N–H and O–H groups in total. The summed E-state index contributed by atoms with van der Waals surface area (Å²) in [6.07, 6.45) is 0.233. The van der Waals surface area contributed by atoms with Crippen LogP contribution in [0.3, 0.4) is 0 Å². The van der Waals surface area contributed by atoms with Crippen LogP contribution in [0.1, 0.15) is 18.9 Å². The molecule has 20 heavy (non-hydrogen) atoms. The van der Waals surface area contributed by atoms with Gasteiger partial charge >= 0.3 is 0 Å². The van der Waals surface area contributed by atoms with Gasteiger partial charge in [0.25, 0.3) is 0 Å². The first kappa shape index (κ1) is 12.9. The second kappa shape index (κ2) is 5.13. The van der Waals surface area contributed by atoms with E-state index < -0.39 is 6.04 Å². The lowest BCUT2D eigenvalue weighted by atomic mass is 10.1. The molecule has 3 rings (SSSR count). The molecule has 2 heterocycles. The SMILES string of the molecule is CCN1C(=O)C[C@H](NCc2ccc3c(c2)OCO3)C1=O. The topological polar surface area (TPSA) is 67.9 Å². The van der Waals surface area contributed by atoms with E-state index in [1.54, 1.807) is 6.92 Å². The van der Waals surface area contributed by atoms with Gasteiger partial charge in [-0.3, -0.25) is 14.5 Å². The summed E-state index contributed by atoms with van der Waals surface area (Å²) in [4.78, 5) is 24.9. The van der Waals surface area contributed by atoms with Crippen LogP contribution in [-0.2, 0) is 16.1 Å². The Labute approximate surface area is 116 Å². The molecule has 0 aromatic heterocycles. The first-order valence-corrected chi connectivity index (χ1v) is 6.65. The predicted octanol–water partition coefficient (Wildman–Crippen LogP) is 0.652. The third-order valence-electron chi connectivity index (χ3n) is 3.55. The summed E-state index contributed by atoms with van der Waals surface area (Å²) < 4.78 is 10.5. The Morgan fingerprint density at radius 2 is 2.10 bits per heavy atom. The summed E-state index contributed by atoms with van der Waals surface area (Å²) in [6.45, 7) is 2.99. The number of hydrogen-bond acceptors (Lipinski definition) is 5. The number of nitrogens with one attached hydrogen (secondary N) is 1. The maximum Gasteiger partial charge on any atom is 0.246 e. The van der Waals surface area contributed by atoms with Crippen LogP contribution in [0.4, 0.5) is 0 Å². The molecule has 0 unspecified atom stereocenters. The van der Waals surface area contributed by atoms with Crippen molar-refractivity contribution in [3.05, 3.63) is 23.8 Å². The number of ether oxygens (including phenoxy) is 2. The molecule has 0 radical (unpaired) electrons. The van der Waals surface area contributed by atoms with Crippen molar-refractivity contribution in [1.29, 1.82) is 0 Å². The van der Waals surface area contributed by atoms with Gasteiger partial charge in [0.05, 0.1) is 12.5 Å². The van der Waals surface area contributed by atoms with Gasteiger partial charge < -0.3 is 14.8 Å². The number of carbonyl (C=O) groups is 2. The number of nitrogens with zero attached hydrogens (tertiary/aromatic N) is 1. The van der Waals surface area contributed by atoms with E-state index in [0.29, 0.717) is 18.8 Å². The molecule has 1 fully saturated rings. The standard InChI is InChI=1S/C14H16N2O4/c1-2-16-13(17)6-10(14(16)18)15-7-9-3-4-11-12(5-9)20-8-19-11/h3-5,10,15H,2,6-8H2,1H3/t10-/m0/s1. The van der Waals surface area contributed by atoms with Crippen LogP contribution in [-0.4, -0.2) is 36.1 Å². The Balaban J connectivity index is 1.63. The molecule has 0 spiro atoms. The van der Waals surface area contributed by atoms with Crippen LogP contribution in [0.25, 0.3) is 0 Å². The molecule has 1 saturated heterocycles. The summed E-state index contributed by atoms with van der Waals surface area (Å²) in [5, 5.41) is 3.13. The van der Waals surface area contributed by atoms with Gasteiger partial charge in [0.2, 0.25) is 18.6 Å². The smallest absolute Gasteiger partial charge is 0.246 e. The monoisotopic (exact) mass is 276 g/mol. The summed E-state index contributed by atoms with van der Waals surface area (Å²) in [5.74, 6) is 1.20. The molecule has 0 bridgehead atoms. The maximum atomic E-state index is 12.0. The van der Waals surface area contributed by atoms with Crippen LogP contribution in [0, 0.1) is 0 Å². The molecule has 1 aromatic rings. The number of carbonyl (C=O) groups excluding carboxylic acids is 2. The number of imide groups is 1. The average molecular weight is 276 g/mol. The van der Waals surface area contributed by atoms with Gasteiger partial charge in [-0.05, 0) is 24.6 Å². The second-order valence-electron chi connectivity index (χ2n) is 4.80. The highest BCUT2D eigenvalue weighted by Crippen LogP contribution is 2.32. The lowest BCUT2D eigenvalue weighted by Crippen LogP contribution is -2.38. The fourth-order valence-electron chi connectivity index (χ4n) is 2.47. The van der Waals surface area contributed by atoms with E-state index >= 15 is 0 Å². The van der Waals surface area contributed by atoms with Crippen LogP contribution >= 0.6 is 0 Å². The number of benzene rings is 1. The van der Waals surface area contributed by atoms with Crippen molar-refractivity contribution in [2.45, 2.75) is 25.9 Å². The molecule has 106 valence electrons. The van der Waals surface area contributed by atoms with Crippen molar-refractivity contribution in [2.24, 2.45) is 0 Å². The van der Waals surface area contributed by atoms with E-state index in [0.717, 1.165) is 11.3 Å². The minimum Gasteiger partial charge on any atom is -0.454 e. The normalized spacial score (nSPS) is 20.9. The van der Waals surface area contributed by atoms with Crippen LogP contribution in [0.15, 0.2) is 18.2 Å². The molecule has 0 aliphatic carbocycles. The second-order valence-corrected chi connectivity index (χ2v) is 4.80. The molecule has 2 aliphatic rings. The maximum absolute atomic E-state index is 12.0. The first-order valence-electron chi connectivity index (χ1n) is 6.65. The van der Waals surface area contributed by atoms with Crippen molar-refractivity contribution >= 4 is 11.8 Å². The number of likely N-dealkylation sites (N-methyl/N-ethyl adjacent to an activating group) is 1. The van der Waals surface area contributed by atoms with Gasteiger partial charge in [-0.25, -0.2) is 0 Å². The van der Waals surface area contributed by atoms with Crippen LogP contribution in [0.2, 0.25) is 0 Å². The number of amides is 2. The zero-order valence-electron chi connectivity index (χ0n) is 11.2. The molecule has 0 saturated carbocycles. The predicted molar refractivity (Wildman–Crippen MR) is 70.2 cm³/mol. The number of rotatable bonds is 4. The number of hydrogen-bond donors (Lipinski definition) is 1. The molecular formula is C14H16N2O4. The average Bonchev–Trinajstić information content (AvgIpc) is 3.00. The molecule has 2 amide bonds. The van der Waals surface area contributed by atoms with Gasteiger partial charge in [-0.15, -0.1) is 0 Å². The minimum absolute atomic E-state index is 0.110. The lowest BCUT2D eigenvalue weighted by Gasteiger charge is -2.13. The summed E-state index contributed by atoms with van der Waals surface area (Å²) in [6, 6.07) is 5.22. The van der Waals surface area contributed by atoms with Crippen molar-refractivity contribution in [3.8, 4) is 11.5 Å². The highest BCUT2D eigenvalue weighted by Gasteiger charge is 2.36. The van der Waals surface area contributed by atoms with E-state index in [2.05, 4.69) is 5.32 Å². The van der Waals surface area contributed by atoms with Gasteiger partial charge in [0.1, 0.15) is 0 Å². The Kier molecular flexibility index (Phi) is 3.31. The van der Waals surface area contributed by atoms with Crippen LogP contribution < -0.4 is 14.8 Å². The Morgan fingerprint density at radius 3 is 2.85 bits per heavy atom. The quantitative estimate of drug-likeness (QED) is 0.818. The number of likely N-dealkylation sites (tertiary alicyclic amines) is 1. The van der Waals surface area contributed by atoms with Gasteiger partial charge in [0.15, 0.2) is 11.5 Å². The zero-order valence-corrected chi connectivity index (χ0v) is 11.2. The summed E-state index contributed by atoms with van der Waals surface area (Å²) in [7, 11) is 0. The summed E-state index contributed by atoms with van der Waals surface area (Å²) >= 11 is 0. The fourth-order valence-corrected chi connectivity index (χ4v) is 2.47. The Morgan fingerprint density at radius 1 is 1.30 bits per heavy atom. The highest BCUT2D eigenvalue weighted by atomic mass is 16.7. The van der Waals surface area contributed by atoms with Crippen molar-refractivity contribution in [1.82, 2.24) is 10.2 Å². The Hall–Kier alpha value is -2.08. The van der Waals surface area contributed by atoms with Gasteiger partial charge in [0, 0.05) is 13.1 Å². The minimum atomic E-state index is -0.423. The molecule has 6 heteroatoms. The zero-order chi connectivity index (χ0) is 14.1.